The molecule has 0 spiro atoms. The average molecular weight is 462 g/mol. The van der Waals surface area contributed by atoms with Gasteiger partial charge in [-0.15, -0.1) is 0 Å². The molecule has 1 fully saturated rings. The van der Waals surface area contributed by atoms with E-state index in [9.17, 15) is 4.79 Å². The van der Waals surface area contributed by atoms with Crippen molar-refractivity contribution in [1.82, 2.24) is 20.3 Å². The van der Waals surface area contributed by atoms with Crippen molar-refractivity contribution >= 4 is 23.3 Å². The van der Waals surface area contributed by atoms with Gasteiger partial charge in [-0.25, -0.2) is 15.0 Å². The van der Waals surface area contributed by atoms with Gasteiger partial charge in [-0.1, -0.05) is 24.4 Å². The molecule has 2 aromatic heterocycles. The predicted octanol–water partition coefficient (Wildman–Crippen LogP) is 3.93. The second-order valence-corrected chi connectivity index (χ2v) is 8.81. The zero-order chi connectivity index (χ0) is 23.1. The first-order chi connectivity index (χ1) is 15.4. The molecule has 1 amide bonds. The number of carbonyl (C=O) groups is 1. The fourth-order valence-corrected chi connectivity index (χ4v) is 4.35. The summed E-state index contributed by atoms with van der Waals surface area (Å²) >= 11 is 6.42. The Morgan fingerprint density at radius 2 is 1.97 bits per heavy atom. The van der Waals surface area contributed by atoms with E-state index in [1.54, 1.807) is 19.4 Å². The number of nitrogens with zero attached hydrogens (tertiary/aromatic N) is 3. The number of hydrogen-bond acceptors (Lipinski definition) is 7. The molecule has 2 aromatic rings. The standard InChI is InChI=1S/C23H32ClN5O3/c1-14(21-20(32-3)13-25-15(2)29-21)28-22-19(24)10-18(12-26-22)23(31)27-11-17-6-4-16(5-7-17)8-9-30/h10,12-14,16-17,30H,4-9,11H2,1-3H3,(H,26,28)(H,27,31)/t14-,16?,17?/m0/s1. The van der Waals surface area contributed by atoms with Gasteiger partial charge in [0, 0.05) is 19.3 Å². The minimum Gasteiger partial charge on any atom is -0.493 e. The van der Waals surface area contributed by atoms with Gasteiger partial charge in [-0.3, -0.25) is 4.79 Å². The van der Waals surface area contributed by atoms with Gasteiger partial charge in [0.2, 0.25) is 0 Å². The minimum atomic E-state index is -0.225. The molecule has 1 aliphatic rings. The number of methoxy groups -OCH3 is 1. The van der Waals surface area contributed by atoms with Crippen LogP contribution in [0.3, 0.4) is 0 Å². The van der Waals surface area contributed by atoms with Crippen molar-refractivity contribution < 1.29 is 14.6 Å². The summed E-state index contributed by atoms with van der Waals surface area (Å²) in [6, 6.07) is 1.40. The van der Waals surface area contributed by atoms with Gasteiger partial charge in [0.25, 0.3) is 5.91 Å². The van der Waals surface area contributed by atoms with Crippen LogP contribution in [0, 0.1) is 18.8 Å². The number of carbonyl (C=O) groups excluding carboxylic acids is 1. The summed E-state index contributed by atoms with van der Waals surface area (Å²) in [4.78, 5) is 25.5. The number of halogens is 1. The number of rotatable bonds is 9. The summed E-state index contributed by atoms with van der Waals surface area (Å²) in [7, 11) is 1.57. The highest BCUT2D eigenvalue weighted by Crippen LogP contribution is 2.31. The monoisotopic (exact) mass is 461 g/mol. The number of anilines is 1. The number of ether oxygens (including phenoxy) is 1. The van der Waals surface area contributed by atoms with Crippen LogP contribution in [-0.2, 0) is 0 Å². The fraction of sp³-hybridized carbons (Fsp3) is 0.565. The zero-order valence-corrected chi connectivity index (χ0v) is 19.7. The molecule has 0 bridgehead atoms. The van der Waals surface area contributed by atoms with Crippen LogP contribution in [0.4, 0.5) is 5.82 Å². The SMILES string of the molecule is COc1cnc(C)nc1[C@H](C)Nc1ncc(C(=O)NCC2CCC(CCO)CC2)cc1Cl. The second kappa shape index (κ2) is 11.4. The number of hydrogen-bond donors (Lipinski definition) is 3. The van der Waals surface area contributed by atoms with E-state index in [0.717, 1.165) is 32.1 Å². The lowest BCUT2D eigenvalue weighted by Gasteiger charge is -2.28. The summed E-state index contributed by atoms with van der Waals surface area (Å²) in [6.07, 6.45) is 8.43. The molecular formula is C23H32ClN5O3. The molecule has 8 nitrogen and oxygen atoms in total. The van der Waals surface area contributed by atoms with Crippen LogP contribution in [0.15, 0.2) is 18.5 Å². The van der Waals surface area contributed by atoms with E-state index in [1.807, 2.05) is 13.8 Å². The summed E-state index contributed by atoms with van der Waals surface area (Å²) in [5.74, 6) is 2.60. The topological polar surface area (TPSA) is 109 Å². The van der Waals surface area contributed by atoms with Crippen LogP contribution in [-0.4, -0.2) is 46.2 Å². The van der Waals surface area contributed by atoms with E-state index in [0.29, 0.717) is 52.1 Å². The molecule has 174 valence electrons. The Morgan fingerprint density at radius 1 is 1.25 bits per heavy atom. The molecule has 0 radical (unpaired) electrons. The molecule has 9 heteroatoms. The molecule has 1 atom stereocenters. The normalized spacial score (nSPS) is 19.3. The number of aliphatic hydroxyl groups is 1. The van der Waals surface area contributed by atoms with Crippen LogP contribution in [0.1, 0.15) is 66.9 Å². The Balaban J connectivity index is 1.57. The second-order valence-electron chi connectivity index (χ2n) is 8.40. The number of pyridine rings is 1. The van der Waals surface area contributed by atoms with Gasteiger partial charge >= 0.3 is 0 Å². The first kappa shape index (κ1) is 24.2. The molecule has 1 aliphatic carbocycles. The molecule has 3 rings (SSSR count). The lowest BCUT2D eigenvalue weighted by Crippen LogP contribution is -2.31. The number of amides is 1. The molecule has 0 aliphatic heterocycles. The first-order valence-electron chi connectivity index (χ1n) is 11.1. The Morgan fingerprint density at radius 3 is 2.62 bits per heavy atom. The summed E-state index contributed by atoms with van der Waals surface area (Å²) < 4.78 is 5.35. The van der Waals surface area contributed by atoms with Gasteiger partial charge in [0.05, 0.1) is 29.9 Å². The van der Waals surface area contributed by atoms with Crippen LogP contribution in [0.25, 0.3) is 0 Å². The van der Waals surface area contributed by atoms with Crippen molar-refractivity contribution in [3.05, 3.63) is 40.6 Å². The quantitative estimate of drug-likeness (QED) is 0.519. The van der Waals surface area contributed by atoms with Crippen LogP contribution in [0.5, 0.6) is 5.75 Å². The van der Waals surface area contributed by atoms with Crippen molar-refractivity contribution in [2.24, 2.45) is 11.8 Å². The molecule has 0 aromatic carbocycles. The third-order valence-corrected chi connectivity index (χ3v) is 6.33. The average Bonchev–Trinajstić information content (AvgIpc) is 2.79. The summed E-state index contributed by atoms with van der Waals surface area (Å²) in [5.41, 5.74) is 1.13. The highest BCUT2D eigenvalue weighted by atomic mass is 35.5. The largest absolute Gasteiger partial charge is 0.493 e. The Bertz CT molecular complexity index is 919. The van der Waals surface area contributed by atoms with Crippen molar-refractivity contribution in [2.75, 3.05) is 25.6 Å². The number of aryl methyl sites for hydroxylation is 1. The number of nitrogens with one attached hydrogen (secondary N) is 2. The van der Waals surface area contributed by atoms with Gasteiger partial charge in [-0.2, -0.15) is 0 Å². The summed E-state index contributed by atoms with van der Waals surface area (Å²) in [6.45, 7) is 4.65. The minimum absolute atomic E-state index is 0.176. The van der Waals surface area contributed by atoms with E-state index >= 15 is 0 Å². The van der Waals surface area contributed by atoms with E-state index in [-0.39, 0.29) is 18.6 Å². The molecule has 0 unspecified atom stereocenters. The summed E-state index contributed by atoms with van der Waals surface area (Å²) in [5, 5.41) is 15.7. The lowest BCUT2D eigenvalue weighted by molar-refractivity contribution is 0.0940. The van der Waals surface area contributed by atoms with Gasteiger partial charge in [0.15, 0.2) is 5.75 Å². The lowest BCUT2D eigenvalue weighted by atomic mass is 9.80. The molecule has 1 saturated carbocycles. The highest BCUT2D eigenvalue weighted by molar-refractivity contribution is 6.33. The molecule has 32 heavy (non-hydrogen) atoms. The van der Waals surface area contributed by atoms with Crippen molar-refractivity contribution in [1.29, 1.82) is 0 Å². The third kappa shape index (κ3) is 6.29. The third-order valence-electron chi connectivity index (χ3n) is 6.04. The maximum absolute atomic E-state index is 12.6. The van der Waals surface area contributed by atoms with E-state index < -0.39 is 0 Å². The maximum atomic E-state index is 12.6. The van der Waals surface area contributed by atoms with E-state index in [4.69, 9.17) is 21.4 Å². The Labute approximate surface area is 194 Å². The van der Waals surface area contributed by atoms with Gasteiger partial charge in [0.1, 0.15) is 17.3 Å². The molecule has 2 heterocycles. The van der Waals surface area contributed by atoms with E-state index in [2.05, 4.69) is 25.6 Å². The fourth-order valence-electron chi connectivity index (χ4n) is 4.13. The van der Waals surface area contributed by atoms with Crippen LogP contribution >= 0.6 is 11.6 Å². The number of aliphatic hydroxyl groups excluding tert-OH is 1. The van der Waals surface area contributed by atoms with Crippen molar-refractivity contribution in [3.8, 4) is 5.75 Å². The molecule has 0 saturated heterocycles. The van der Waals surface area contributed by atoms with Crippen LogP contribution in [0.2, 0.25) is 5.02 Å². The Hall–Kier alpha value is -2.45. The molecular weight excluding hydrogens is 430 g/mol. The van der Waals surface area contributed by atoms with Gasteiger partial charge in [-0.05, 0) is 51.0 Å². The van der Waals surface area contributed by atoms with Crippen molar-refractivity contribution in [3.63, 3.8) is 0 Å². The van der Waals surface area contributed by atoms with Crippen LogP contribution < -0.4 is 15.4 Å². The number of aromatic nitrogens is 3. The predicted molar refractivity (Wildman–Crippen MR) is 124 cm³/mol. The smallest absolute Gasteiger partial charge is 0.252 e. The molecule has 3 N–H and O–H groups in total. The van der Waals surface area contributed by atoms with Crippen molar-refractivity contribution in [2.45, 2.75) is 52.0 Å². The van der Waals surface area contributed by atoms with Gasteiger partial charge < -0.3 is 20.5 Å². The first-order valence-corrected chi connectivity index (χ1v) is 11.5. The highest BCUT2D eigenvalue weighted by Gasteiger charge is 2.22. The maximum Gasteiger partial charge on any atom is 0.252 e. The van der Waals surface area contributed by atoms with E-state index in [1.165, 1.54) is 6.20 Å². The Kier molecular flexibility index (Phi) is 8.64. The zero-order valence-electron chi connectivity index (χ0n) is 18.9.